The minimum Gasteiger partial charge on any atom is -0.483 e. The Morgan fingerprint density at radius 3 is 2.10 bits per heavy atom. The average Bonchev–Trinajstić information content (AvgIpc) is 2.85. The molecule has 3 aromatic carbocycles. The second kappa shape index (κ2) is 12.8. The number of carbonyl (C=O) groups excluding carboxylic acids is 2. The van der Waals surface area contributed by atoms with Crippen LogP contribution < -0.4 is 10.1 Å². The minimum atomic E-state index is -0.712. The number of rotatable bonds is 9. The van der Waals surface area contributed by atoms with Crippen LogP contribution in [0.25, 0.3) is 0 Å². The lowest BCUT2D eigenvalue weighted by molar-refractivity contribution is -0.143. The second-order valence-electron chi connectivity index (χ2n) is 12.1. The summed E-state index contributed by atoms with van der Waals surface area (Å²) in [7, 11) is 0. The van der Waals surface area contributed by atoms with Crippen molar-refractivity contribution in [1.82, 2.24) is 10.2 Å². The SMILES string of the molecule is Cc1ccc(CN(C(=O)COc2ccc(C(C)(C)C)cc2Br)[C@H](Cc2ccccc2)C(=O)NC(C)(C)C)cc1. The highest BCUT2D eigenvalue weighted by Gasteiger charge is 2.32. The van der Waals surface area contributed by atoms with Crippen LogP contribution in [0.4, 0.5) is 0 Å². The van der Waals surface area contributed by atoms with Gasteiger partial charge in [-0.25, -0.2) is 0 Å². The Kier molecular flexibility index (Phi) is 10.0. The Bertz CT molecular complexity index is 1260. The van der Waals surface area contributed by atoms with E-state index in [1.807, 2.05) is 100 Å². The number of ether oxygens (including phenoxy) is 1. The number of hydrogen-bond donors (Lipinski definition) is 1. The third-order valence-electron chi connectivity index (χ3n) is 6.39. The molecule has 39 heavy (non-hydrogen) atoms. The summed E-state index contributed by atoms with van der Waals surface area (Å²) in [4.78, 5) is 29.1. The molecule has 0 unspecified atom stereocenters. The number of benzene rings is 3. The zero-order valence-electron chi connectivity index (χ0n) is 24.2. The lowest BCUT2D eigenvalue weighted by Gasteiger charge is -2.34. The molecule has 0 aliphatic heterocycles. The van der Waals surface area contributed by atoms with E-state index in [4.69, 9.17) is 4.74 Å². The quantitative estimate of drug-likeness (QED) is 0.291. The van der Waals surface area contributed by atoms with E-state index in [2.05, 4.69) is 42.0 Å². The highest BCUT2D eigenvalue weighted by Crippen LogP contribution is 2.31. The van der Waals surface area contributed by atoms with E-state index in [1.54, 1.807) is 4.90 Å². The Balaban J connectivity index is 1.92. The number of amides is 2. The molecule has 0 saturated heterocycles. The van der Waals surface area contributed by atoms with E-state index in [9.17, 15) is 9.59 Å². The molecule has 0 heterocycles. The molecule has 1 N–H and O–H groups in total. The van der Waals surface area contributed by atoms with Gasteiger partial charge in [0.05, 0.1) is 4.47 Å². The normalized spacial score (nSPS) is 12.5. The van der Waals surface area contributed by atoms with Gasteiger partial charge in [-0.15, -0.1) is 0 Å². The maximum Gasteiger partial charge on any atom is 0.261 e. The van der Waals surface area contributed by atoms with Gasteiger partial charge in [-0.1, -0.05) is 87.0 Å². The number of carbonyl (C=O) groups is 2. The van der Waals surface area contributed by atoms with E-state index >= 15 is 0 Å². The van der Waals surface area contributed by atoms with E-state index in [1.165, 1.54) is 0 Å². The van der Waals surface area contributed by atoms with Crippen LogP contribution in [0, 0.1) is 6.92 Å². The maximum atomic E-state index is 13.8. The predicted octanol–water partition coefficient (Wildman–Crippen LogP) is 6.99. The molecule has 5 nitrogen and oxygen atoms in total. The lowest BCUT2D eigenvalue weighted by Crippen LogP contribution is -2.55. The third kappa shape index (κ3) is 9.24. The van der Waals surface area contributed by atoms with E-state index in [0.29, 0.717) is 18.7 Å². The van der Waals surface area contributed by atoms with Crippen LogP contribution in [0.15, 0.2) is 77.3 Å². The van der Waals surface area contributed by atoms with Crippen molar-refractivity contribution < 1.29 is 14.3 Å². The first-order valence-corrected chi connectivity index (χ1v) is 14.2. The van der Waals surface area contributed by atoms with Gasteiger partial charge in [-0.2, -0.15) is 0 Å². The summed E-state index contributed by atoms with van der Waals surface area (Å²) in [5.74, 6) is 0.139. The van der Waals surface area contributed by atoms with Crippen LogP contribution in [-0.2, 0) is 28.0 Å². The molecule has 3 rings (SSSR count). The number of nitrogens with one attached hydrogen (secondary N) is 1. The molecule has 0 aliphatic rings. The number of halogens is 1. The van der Waals surface area contributed by atoms with Gasteiger partial charge < -0.3 is 15.0 Å². The zero-order chi connectivity index (χ0) is 28.8. The first-order valence-electron chi connectivity index (χ1n) is 13.4. The smallest absolute Gasteiger partial charge is 0.261 e. The van der Waals surface area contributed by atoms with E-state index in [0.717, 1.165) is 26.7 Å². The van der Waals surface area contributed by atoms with Crippen LogP contribution in [0.5, 0.6) is 5.75 Å². The zero-order valence-corrected chi connectivity index (χ0v) is 25.8. The highest BCUT2D eigenvalue weighted by molar-refractivity contribution is 9.10. The van der Waals surface area contributed by atoms with Crippen molar-refractivity contribution in [2.45, 2.75) is 78.4 Å². The Hall–Kier alpha value is -3.12. The number of nitrogens with zero attached hydrogens (tertiary/aromatic N) is 1. The average molecular weight is 594 g/mol. The third-order valence-corrected chi connectivity index (χ3v) is 7.01. The van der Waals surface area contributed by atoms with Gasteiger partial charge >= 0.3 is 0 Å². The largest absolute Gasteiger partial charge is 0.483 e. The molecule has 208 valence electrons. The van der Waals surface area contributed by atoms with Crippen molar-refractivity contribution in [3.63, 3.8) is 0 Å². The molecular formula is C33H41BrN2O3. The first kappa shape index (κ1) is 30.4. The van der Waals surface area contributed by atoms with Crippen molar-refractivity contribution >= 4 is 27.7 Å². The van der Waals surface area contributed by atoms with Crippen LogP contribution >= 0.6 is 15.9 Å². The van der Waals surface area contributed by atoms with Crippen LogP contribution in [-0.4, -0.2) is 34.9 Å². The molecular weight excluding hydrogens is 552 g/mol. The topological polar surface area (TPSA) is 58.6 Å². The van der Waals surface area contributed by atoms with Gasteiger partial charge in [0, 0.05) is 18.5 Å². The lowest BCUT2D eigenvalue weighted by atomic mass is 9.87. The van der Waals surface area contributed by atoms with Crippen LogP contribution in [0.3, 0.4) is 0 Å². The molecule has 0 fully saturated rings. The van der Waals surface area contributed by atoms with E-state index in [-0.39, 0.29) is 23.8 Å². The minimum absolute atomic E-state index is 0.00716. The molecule has 1 atom stereocenters. The van der Waals surface area contributed by atoms with Crippen molar-refractivity contribution in [3.05, 3.63) is 99.5 Å². The molecule has 0 bridgehead atoms. The molecule has 0 aliphatic carbocycles. The van der Waals surface area contributed by atoms with Crippen LogP contribution in [0.1, 0.15) is 63.8 Å². The molecule has 6 heteroatoms. The van der Waals surface area contributed by atoms with Crippen LogP contribution in [0.2, 0.25) is 0 Å². The summed E-state index contributed by atoms with van der Waals surface area (Å²) in [6.07, 6.45) is 0.393. The van der Waals surface area contributed by atoms with Crippen molar-refractivity contribution in [2.75, 3.05) is 6.61 Å². The van der Waals surface area contributed by atoms with Gasteiger partial charge in [0.2, 0.25) is 5.91 Å². The van der Waals surface area contributed by atoms with Gasteiger partial charge in [0.25, 0.3) is 5.91 Å². The summed E-state index contributed by atoms with van der Waals surface area (Å²) in [5, 5.41) is 3.09. The summed E-state index contributed by atoms with van der Waals surface area (Å²) in [5.41, 5.74) is 3.78. The molecule has 0 saturated carbocycles. The first-order chi connectivity index (χ1) is 18.2. The maximum absolute atomic E-state index is 13.8. The van der Waals surface area contributed by atoms with E-state index < -0.39 is 11.6 Å². The van der Waals surface area contributed by atoms with Gasteiger partial charge in [-0.05, 0) is 77.9 Å². The Morgan fingerprint density at radius 2 is 1.54 bits per heavy atom. The summed E-state index contributed by atoms with van der Waals surface area (Å²) in [6, 6.07) is 23.1. The fraction of sp³-hybridized carbons (Fsp3) is 0.394. The van der Waals surface area contributed by atoms with Gasteiger partial charge in [0.15, 0.2) is 6.61 Å². The van der Waals surface area contributed by atoms with Gasteiger partial charge in [0.1, 0.15) is 11.8 Å². The predicted molar refractivity (Wildman–Crippen MR) is 162 cm³/mol. The molecule has 0 aromatic heterocycles. The molecule has 2 amide bonds. The summed E-state index contributed by atoms with van der Waals surface area (Å²) >= 11 is 3.60. The second-order valence-corrected chi connectivity index (χ2v) is 13.0. The fourth-order valence-corrected chi connectivity index (χ4v) is 4.70. The van der Waals surface area contributed by atoms with Gasteiger partial charge in [-0.3, -0.25) is 9.59 Å². The molecule has 0 radical (unpaired) electrons. The summed E-state index contributed by atoms with van der Waals surface area (Å²) in [6.45, 7) is 14.4. The summed E-state index contributed by atoms with van der Waals surface area (Å²) < 4.78 is 6.81. The van der Waals surface area contributed by atoms with Crippen molar-refractivity contribution in [1.29, 1.82) is 0 Å². The number of hydrogen-bond acceptors (Lipinski definition) is 3. The Labute approximate surface area is 242 Å². The van der Waals surface area contributed by atoms with Crippen molar-refractivity contribution in [3.8, 4) is 5.75 Å². The standard InChI is InChI=1S/C33H41BrN2O3/c1-23-13-15-25(16-14-23)21-36(28(31(38)35-33(5,6)7)19-24-11-9-8-10-12-24)30(37)22-39-29-18-17-26(20-27(29)34)32(2,3)4/h8-18,20,28H,19,21-22H2,1-7H3,(H,35,38)/t28-/m1/s1. The monoisotopic (exact) mass is 592 g/mol. The molecule has 3 aromatic rings. The fourth-order valence-electron chi connectivity index (χ4n) is 4.20. The number of aryl methyl sites for hydroxylation is 1. The highest BCUT2D eigenvalue weighted by atomic mass is 79.9. The Morgan fingerprint density at radius 1 is 0.897 bits per heavy atom. The molecule has 0 spiro atoms. The van der Waals surface area contributed by atoms with Crippen molar-refractivity contribution in [2.24, 2.45) is 0 Å².